The summed E-state index contributed by atoms with van der Waals surface area (Å²) in [5.74, 6) is -0.384. The van der Waals surface area contributed by atoms with Crippen LogP contribution in [0.25, 0.3) is 0 Å². The lowest BCUT2D eigenvalue weighted by Gasteiger charge is -2.34. The van der Waals surface area contributed by atoms with Crippen LogP contribution in [0.3, 0.4) is 0 Å². The zero-order valence-corrected chi connectivity index (χ0v) is 7.43. The third-order valence-corrected chi connectivity index (χ3v) is 1.72. The number of hydroxylamine groups is 1. The molecule has 14 heavy (non-hydrogen) atoms. The predicted molar refractivity (Wildman–Crippen MR) is 38.9 cm³/mol. The van der Waals surface area contributed by atoms with Gasteiger partial charge in [-0.25, -0.2) is 5.48 Å². The third kappa shape index (κ3) is 3.93. The second-order valence-corrected chi connectivity index (χ2v) is 3.06. The summed E-state index contributed by atoms with van der Waals surface area (Å²) in [5.41, 5.74) is 2.06. The van der Waals surface area contributed by atoms with E-state index in [2.05, 4.69) is 10.2 Å². The van der Waals surface area contributed by atoms with Crippen LogP contribution >= 0.6 is 0 Å². The summed E-state index contributed by atoms with van der Waals surface area (Å²) in [5, 5.41) is 0. The molecule has 0 aromatic heterocycles. The van der Waals surface area contributed by atoms with Crippen molar-refractivity contribution in [1.29, 1.82) is 0 Å². The van der Waals surface area contributed by atoms with Crippen molar-refractivity contribution < 1.29 is 27.5 Å². The zero-order valence-electron chi connectivity index (χ0n) is 7.43. The number of rotatable bonds is 3. The number of amides is 1. The standard InChI is InChI=1S/C7H10F3NO3/c1-4(12)11-14-6-2-5(3-6)13-7(8,9)10/h5-6H,2-3H2,1H3,(H,11,12). The number of alkyl halides is 3. The molecule has 1 aliphatic rings. The monoisotopic (exact) mass is 213 g/mol. The number of hydrogen-bond acceptors (Lipinski definition) is 3. The van der Waals surface area contributed by atoms with Crippen molar-refractivity contribution in [3.8, 4) is 0 Å². The van der Waals surface area contributed by atoms with E-state index in [1.807, 2.05) is 0 Å². The average molecular weight is 213 g/mol. The fourth-order valence-electron chi connectivity index (χ4n) is 1.07. The lowest BCUT2D eigenvalue weighted by atomic mass is 9.92. The Kier molecular flexibility index (Phi) is 3.33. The van der Waals surface area contributed by atoms with Crippen LogP contribution in [-0.4, -0.2) is 24.5 Å². The van der Waals surface area contributed by atoms with Crippen molar-refractivity contribution in [2.75, 3.05) is 0 Å². The fraction of sp³-hybridized carbons (Fsp3) is 0.857. The first-order valence-corrected chi connectivity index (χ1v) is 4.03. The van der Waals surface area contributed by atoms with E-state index >= 15 is 0 Å². The van der Waals surface area contributed by atoms with E-state index in [1.54, 1.807) is 0 Å². The molecule has 0 aliphatic heterocycles. The Bertz CT molecular complexity index is 213. The van der Waals surface area contributed by atoms with Gasteiger partial charge in [0.25, 0.3) is 0 Å². The first kappa shape index (κ1) is 11.3. The van der Waals surface area contributed by atoms with E-state index in [0.717, 1.165) is 0 Å². The summed E-state index contributed by atoms with van der Waals surface area (Å²) >= 11 is 0. The SMILES string of the molecule is CC(=O)NOC1CC(OC(F)(F)F)C1. The summed E-state index contributed by atoms with van der Waals surface area (Å²) in [6.07, 6.45) is -5.55. The molecule has 1 amide bonds. The Morgan fingerprint density at radius 2 is 1.93 bits per heavy atom. The molecular weight excluding hydrogens is 203 g/mol. The second kappa shape index (κ2) is 4.14. The third-order valence-electron chi connectivity index (χ3n) is 1.72. The van der Waals surface area contributed by atoms with E-state index in [4.69, 9.17) is 4.84 Å². The average Bonchev–Trinajstić information content (AvgIpc) is 1.90. The fourth-order valence-corrected chi connectivity index (χ4v) is 1.07. The number of hydrogen-bond donors (Lipinski definition) is 1. The Morgan fingerprint density at radius 1 is 1.36 bits per heavy atom. The van der Waals surface area contributed by atoms with Gasteiger partial charge in [0, 0.05) is 19.8 Å². The molecule has 1 rings (SSSR count). The highest BCUT2D eigenvalue weighted by molar-refractivity contribution is 5.71. The van der Waals surface area contributed by atoms with Gasteiger partial charge in [0.05, 0.1) is 12.2 Å². The summed E-state index contributed by atoms with van der Waals surface area (Å²) < 4.78 is 38.6. The summed E-state index contributed by atoms with van der Waals surface area (Å²) in [7, 11) is 0. The highest BCUT2D eigenvalue weighted by Crippen LogP contribution is 2.31. The van der Waals surface area contributed by atoms with Crippen LogP contribution < -0.4 is 5.48 Å². The topological polar surface area (TPSA) is 47.6 Å². The van der Waals surface area contributed by atoms with Crippen molar-refractivity contribution in [3.63, 3.8) is 0 Å². The van der Waals surface area contributed by atoms with Gasteiger partial charge in [0.15, 0.2) is 0 Å². The van der Waals surface area contributed by atoms with Crippen molar-refractivity contribution in [3.05, 3.63) is 0 Å². The van der Waals surface area contributed by atoms with Crippen LogP contribution in [0.5, 0.6) is 0 Å². The molecule has 82 valence electrons. The zero-order chi connectivity index (χ0) is 10.8. The molecule has 0 bridgehead atoms. The quantitative estimate of drug-likeness (QED) is 0.714. The maximum atomic E-state index is 11.6. The molecule has 0 atom stereocenters. The minimum atomic E-state index is -4.59. The first-order valence-electron chi connectivity index (χ1n) is 4.03. The predicted octanol–water partition coefficient (Wildman–Crippen LogP) is 1.12. The van der Waals surface area contributed by atoms with Gasteiger partial charge in [0.2, 0.25) is 5.91 Å². The Hall–Kier alpha value is -0.820. The minimum absolute atomic E-state index is 0.139. The van der Waals surface area contributed by atoms with Gasteiger partial charge < -0.3 is 0 Å². The van der Waals surface area contributed by atoms with Crippen molar-refractivity contribution in [2.24, 2.45) is 0 Å². The molecular formula is C7H10F3NO3. The van der Waals surface area contributed by atoms with E-state index < -0.39 is 12.5 Å². The summed E-state index contributed by atoms with van der Waals surface area (Å²) in [6.45, 7) is 1.25. The first-order chi connectivity index (χ1) is 6.37. The Balaban J connectivity index is 2.09. The lowest BCUT2D eigenvalue weighted by molar-refractivity contribution is -0.358. The molecule has 1 fully saturated rings. The van der Waals surface area contributed by atoms with Crippen LogP contribution in [0.4, 0.5) is 13.2 Å². The number of carbonyl (C=O) groups is 1. The second-order valence-electron chi connectivity index (χ2n) is 3.06. The normalized spacial score (nSPS) is 26.9. The molecule has 0 aromatic carbocycles. The lowest BCUT2D eigenvalue weighted by Crippen LogP contribution is -2.43. The highest BCUT2D eigenvalue weighted by atomic mass is 19.4. The van der Waals surface area contributed by atoms with Gasteiger partial charge >= 0.3 is 6.36 Å². The maximum Gasteiger partial charge on any atom is 0.522 e. The van der Waals surface area contributed by atoms with Gasteiger partial charge in [-0.05, 0) is 0 Å². The van der Waals surface area contributed by atoms with Gasteiger partial charge in [-0.1, -0.05) is 0 Å². The molecule has 0 unspecified atom stereocenters. The van der Waals surface area contributed by atoms with Crippen molar-refractivity contribution >= 4 is 5.91 Å². The minimum Gasteiger partial charge on any atom is -0.288 e. The number of nitrogens with one attached hydrogen (secondary N) is 1. The van der Waals surface area contributed by atoms with Crippen LogP contribution in [-0.2, 0) is 14.4 Å². The number of ether oxygens (including phenoxy) is 1. The Labute approximate surface area is 78.3 Å². The molecule has 0 aromatic rings. The van der Waals surface area contributed by atoms with Crippen LogP contribution in [0.2, 0.25) is 0 Å². The molecule has 7 heteroatoms. The molecule has 0 spiro atoms. The molecule has 0 saturated heterocycles. The highest BCUT2D eigenvalue weighted by Gasteiger charge is 2.40. The largest absolute Gasteiger partial charge is 0.522 e. The van der Waals surface area contributed by atoms with Gasteiger partial charge in [0.1, 0.15) is 0 Å². The molecule has 0 radical (unpaired) electrons. The Morgan fingerprint density at radius 3 is 2.36 bits per heavy atom. The van der Waals surface area contributed by atoms with Gasteiger partial charge in [-0.3, -0.25) is 14.4 Å². The van der Waals surface area contributed by atoms with E-state index in [-0.39, 0.29) is 24.9 Å². The van der Waals surface area contributed by atoms with Crippen LogP contribution in [0.1, 0.15) is 19.8 Å². The number of carbonyl (C=O) groups excluding carboxylic acids is 1. The van der Waals surface area contributed by atoms with Crippen LogP contribution in [0, 0.1) is 0 Å². The molecule has 4 nitrogen and oxygen atoms in total. The van der Waals surface area contributed by atoms with Crippen LogP contribution in [0.15, 0.2) is 0 Å². The molecule has 1 saturated carbocycles. The summed E-state index contributed by atoms with van der Waals surface area (Å²) in [4.78, 5) is 15.1. The smallest absolute Gasteiger partial charge is 0.288 e. The molecule has 1 N–H and O–H groups in total. The maximum absolute atomic E-state index is 11.6. The van der Waals surface area contributed by atoms with E-state index in [0.29, 0.717) is 0 Å². The van der Waals surface area contributed by atoms with E-state index in [9.17, 15) is 18.0 Å². The molecule has 1 aliphatic carbocycles. The van der Waals surface area contributed by atoms with E-state index in [1.165, 1.54) is 6.92 Å². The van der Waals surface area contributed by atoms with Crippen molar-refractivity contribution in [1.82, 2.24) is 5.48 Å². The summed E-state index contributed by atoms with van der Waals surface area (Å²) in [6, 6.07) is 0. The van der Waals surface area contributed by atoms with Crippen molar-refractivity contribution in [2.45, 2.75) is 38.3 Å². The van der Waals surface area contributed by atoms with Gasteiger partial charge in [-0.2, -0.15) is 0 Å². The van der Waals surface area contributed by atoms with Gasteiger partial charge in [-0.15, -0.1) is 13.2 Å². The molecule has 0 heterocycles. The number of halogens is 3.